The van der Waals surface area contributed by atoms with Crippen LogP contribution in [0.15, 0.2) is 30.3 Å². The average Bonchev–Trinajstić information content (AvgIpc) is 2.87. The van der Waals surface area contributed by atoms with Gasteiger partial charge in [-0.3, -0.25) is 19.2 Å². The first-order valence-corrected chi connectivity index (χ1v) is 14.1. The van der Waals surface area contributed by atoms with Crippen molar-refractivity contribution >= 4 is 31.5 Å². The van der Waals surface area contributed by atoms with Crippen molar-refractivity contribution in [3.63, 3.8) is 0 Å². The van der Waals surface area contributed by atoms with Crippen LogP contribution in [-0.2, 0) is 25.6 Å². The van der Waals surface area contributed by atoms with Gasteiger partial charge in [0, 0.05) is 12.3 Å². The van der Waals surface area contributed by atoms with E-state index in [-0.39, 0.29) is 29.9 Å². The number of nitrogens with one attached hydrogen (secondary N) is 3. The summed E-state index contributed by atoms with van der Waals surface area (Å²) in [5, 5.41) is 8.68. The van der Waals surface area contributed by atoms with Gasteiger partial charge < -0.3 is 25.7 Å². The van der Waals surface area contributed by atoms with E-state index in [1.54, 1.807) is 4.81 Å². The summed E-state index contributed by atoms with van der Waals surface area (Å²) >= 11 is 0. The minimum absolute atomic E-state index is 0.119. The number of hydrogen-bond acceptors (Lipinski definition) is 6. The summed E-state index contributed by atoms with van der Waals surface area (Å²) in [6, 6.07) is 7.14. The highest BCUT2D eigenvalue weighted by Crippen LogP contribution is 2.16. The third-order valence-corrected chi connectivity index (χ3v) is 6.98. The van der Waals surface area contributed by atoms with Crippen molar-refractivity contribution in [3.05, 3.63) is 35.9 Å². The number of nitrogens with zero attached hydrogens (tertiary/aromatic N) is 2. The first-order chi connectivity index (χ1) is 18.5. The molecule has 4 atom stereocenters. The molecule has 0 aromatic heterocycles. The second-order valence-corrected chi connectivity index (χ2v) is 11.4. The quantitative estimate of drug-likeness (QED) is 0.291. The Morgan fingerprint density at radius 2 is 1.64 bits per heavy atom. The van der Waals surface area contributed by atoms with Crippen LogP contribution in [0.3, 0.4) is 0 Å². The predicted molar refractivity (Wildman–Crippen MR) is 154 cm³/mol. The lowest BCUT2D eigenvalue weighted by Crippen LogP contribution is -2.57. The molecule has 0 spiro atoms. The van der Waals surface area contributed by atoms with Gasteiger partial charge >= 0.3 is 0 Å². The Balaban J connectivity index is 2.21. The molecule has 1 saturated heterocycles. The third-order valence-electron chi connectivity index (χ3n) is 6.98. The van der Waals surface area contributed by atoms with Crippen molar-refractivity contribution in [2.24, 2.45) is 11.8 Å². The first kappa shape index (κ1) is 32.5. The standard InChI is InChI=1S/C29H46BN5O4/c1-20(2)17-25(21(3)36)32-28(38)24(14-10-15-34(4)5)31-29(39)26(18-22-11-7-6-8-12-22)33-27(37)23-13-9-16-35(30)19-23/h6-8,11-12,20,23-26H,9-10,13-19H2,1-5H3,(H,31,39)(H,32,38)(H,33,37). The minimum atomic E-state index is -0.864. The van der Waals surface area contributed by atoms with Crippen LogP contribution < -0.4 is 16.0 Å². The zero-order valence-corrected chi connectivity index (χ0v) is 24.2. The fourth-order valence-corrected chi connectivity index (χ4v) is 4.79. The number of carbonyl (C=O) groups excluding carboxylic acids is 4. The van der Waals surface area contributed by atoms with Crippen molar-refractivity contribution in [2.45, 2.75) is 77.4 Å². The third kappa shape index (κ3) is 11.9. The zero-order valence-electron chi connectivity index (χ0n) is 24.2. The van der Waals surface area contributed by atoms with E-state index < -0.39 is 29.9 Å². The van der Waals surface area contributed by atoms with Crippen molar-refractivity contribution in [3.8, 4) is 0 Å². The Kier molecular flexibility index (Phi) is 13.7. The van der Waals surface area contributed by atoms with Gasteiger partial charge in [0.2, 0.25) is 17.7 Å². The summed E-state index contributed by atoms with van der Waals surface area (Å²) in [6.07, 6.45) is 3.39. The maximum Gasteiger partial charge on any atom is 0.243 e. The van der Waals surface area contributed by atoms with Gasteiger partial charge in [-0.25, -0.2) is 0 Å². The molecule has 1 aliphatic heterocycles. The van der Waals surface area contributed by atoms with E-state index in [0.717, 1.165) is 25.1 Å². The molecule has 3 amide bonds. The van der Waals surface area contributed by atoms with Crippen LogP contribution in [-0.4, -0.2) is 93.1 Å². The van der Waals surface area contributed by atoms with E-state index in [9.17, 15) is 19.2 Å². The number of ketones is 1. The number of rotatable bonds is 15. The molecule has 1 aliphatic rings. The fourth-order valence-electron chi connectivity index (χ4n) is 4.79. The summed E-state index contributed by atoms with van der Waals surface area (Å²) in [7, 11) is 9.83. The largest absolute Gasteiger partial charge is 0.353 e. The van der Waals surface area contributed by atoms with E-state index in [1.807, 2.05) is 63.2 Å². The number of amides is 3. The normalized spacial score (nSPS) is 18.3. The summed E-state index contributed by atoms with van der Waals surface area (Å²) in [5.74, 6) is -1.24. The van der Waals surface area contributed by atoms with E-state index in [1.165, 1.54) is 6.92 Å². The molecule has 1 fully saturated rings. The molecule has 39 heavy (non-hydrogen) atoms. The highest BCUT2D eigenvalue weighted by Gasteiger charge is 2.31. The summed E-state index contributed by atoms with van der Waals surface area (Å²) < 4.78 is 0. The molecule has 10 heteroatoms. The van der Waals surface area contributed by atoms with Crippen LogP contribution in [0.4, 0.5) is 0 Å². The fraction of sp³-hybridized carbons (Fsp3) is 0.655. The summed E-state index contributed by atoms with van der Waals surface area (Å²) in [6.45, 7) is 7.36. The van der Waals surface area contributed by atoms with Crippen LogP contribution in [0.5, 0.6) is 0 Å². The van der Waals surface area contributed by atoms with Gasteiger partial charge in [0.05, 0.1) is 6.04 Å². The van der Waals surface area contributed by atoms with Crippen molar-refractivity contribution in [1.82, 2.24) is 25.7 Å². The Hall–Kier alpha value is -2.72. The van der Waals surface area contributed by atoms with E-state index in [0.29, 0.717) is 32.2 Å². The van der Waals surface area contributed by atoms with Crippen LogP contribution in [0.1, 0.15) is 58.4 Å². The van der Waals surface area contributed by atoms with Gasteiger partial charge in [-0.1, -0.05) is 44.2 Å². The van der Waals surface area contributed by atoms with E-state index in [2.05, 4.69) is 16.0 Å². The number of Topliss-reactive ketones (excluding diaryl/α,β-unsaturated/α-hetero) is 1. The zero-order chi connectivity index (χ0) is 28.9. The van der Waals surface area contributed by atoms with Crippen LogP contribution in [0.2, 0.25) is 0 Å². The molecule has 4 unspecified atom stereocenters. The molecule has 2 rings (SSSR count). The van der Waals surface area contributed by atoms with E-state index in [4.69, 9.17) is 7.98 Å². The molecule has 3 N–H and O–H groups in total. The lowest BCUT2D eigenvalue weighted by Gasteiger charge is -2.31. The topological polar surface area (TPSA) is 111 Å². The van der Waals surface area contributed by atoms with Crippen molar-refractivity contribution in [1.29, 1.82) is 0 Å². The van der Waals surface area contributed by atoms with Crippen LogP contribution in [0.25, 0.3) is 0 Å². The van der Waals surface area contributed by atoms with E-state index >= 15 is 0 Å². The molecule has 0 saturated carbocycles. The lowest BCUT2D eigenvalue weighted by atomic mass is 9.94. The van der Waals surface area contributed by atoms with Gasteiger partial charge in [0.15, 0.2) is 13.8 Å². The highest BCUT2D eigenvalue weighted by atomic mass is 16.2. The molecule has 0 bridgehead atoms. The molecular weight excluding hydrogens is 493 g/mol. The Morgan fingerprint density at radius 1 is 1.00 bits per heavy atom. The highest BCUT2D eigenvalue weighted by molar-refractivity contribution is 6.04. The lowest BCUT2D eigenvalue weighted by molar-refractivity contribution is -0.134. The first-order valence-electron chi connectivity index (χ1n) is 14.1. The number of carbonyl (C=O) groups is 4. The summed E-state index contributed by atoms with van der Waals surface area (Å²) in [5.41, 5.74) is 0.893. The smallest absolute Gasteiger partial charge is 0.243 e. The molecular formula is C29H46BN5O4. The SMILES string of the molecule is [B]N1CCCC(C(=O)NC(Cc2ccccc2)C(=O)NC(CCCN(C)C)C(=O)NC(CC(C)C)C(C)=O)C1. The monoisotopic (exact) mass is 539 g/mol. The number of piperidine rings is 1. The molecule has 9 nitrogen and oxygen atoms in total. The van der Waals surface area contributed by atoms with Gasteiger partial charge in [-0.05, 0) is 84.2 Å². The predicted octanol–water partition coefficient (Wildman–Crippen LogP) is 1.46. The Morgan fingerprint density at radius 3 is 2.23 bits per heavy atom. The molecule has 2 radical (unpaired) electrons. The van der Waals surface area contributed by atoms with Crippen LogP contribution in [0, 0.1) is 11.8 Å². The molecule has 1 aromatic carbocycles. The molecule has 0 aliphatic carbocycles. The maximum absolute atomic E-state index is 13.6. The molecule has 214 valence electrons. The van der Waals surface area contributed by atoms with Crippen molar-refractivity contribution in [2.75, 3.05) is 33.7 Å². The molecule has 1 heterocycles. The van der Waals surface area contributed by atoms with Crippen LogP contribution >= 0.6 is 0 Å². The van der Waals surface area contributed by atoms with Gasteiger partial charge in [0.25, 0.3) is 0 Å². The number of hydrogen-bond donors (Lipinski definition) is 3. The maximum atomic E-state index is 13.6. The van der Waals surface area contributed by atoms with Gasteiger partial charge in [-0.15, -0.1) is 0 Å². The Labute approximate surface area is 235 Å². The van der Waals surface area contributed by atoms with Gasteiger partial charge in [-0.2, -0.15) is 0 Å². The molecule has 1 aromatic rings. The number of benzene rings is 1. The van der Waals surface area contributed by atoms with Gasteiger partial charge in [0.1, 0.15) is 12.1 Å². The van der Waals surface area contributed by atoms with Crippen molar-refractivity contribution < 1.29 is 19.2 Å². The second kappa shape index (κ2) is 16.4. The average molecular weight is 540 g/mol. The summed E-state index contributed by atoms with van der Waals surface area (Å²) in [4.78, 5) is 55.9. The Bertz CT molecular complexity index is 943. The minimum Gasteiger partial charge on any atom is -0.353 e. The second-order valence-electron chi connectivity index (χ2n) is 11.4.